The molecule has 70 heavy (non-hydrogen) atoms. The molecular formula is C49H64N10O7S4. The number of nitrogens with two attached hydrogens (primary N) is 1. The summed E-state index contributed by atoms with van der Waals surface area (Å²) in [5, 5.41) is 25.0. The molecule has 6 aromatic rings. The van der Waals surface area contributed by atoms with Crippen LogP contribution in [0.5, 0.6) is 0 Å². The van der Waals surface area contributed by atoms with Crippen LogP contribution in [0.1, 0.15) is 102 Å². The predicted octanol–water partition coefficient (Wildman–Crippen LogP) is 10.2. The lowest BCUT2D eigenvalue weighted by molar-refractivity contribution is -0.384. The van der Waals surface area contributed by atoms with E-state index < -0.39 is 4.92 Å². The van der Waals surface area contributed by atoms with Gasteiger partial charge in [0.25, 0.3) is 5.69 Å². The molecule has 2 amide bonds. The maximum Gasteiger partial charge on any atom is 0.269 e. The molecule has 2 fully saturated rings. The molecule has 2 aliphatic rings. The minimum Gasteiger partial charge on any atom is -0.444 e. The van der Waals surface area contributed by atoms with Crippen molar-refractivity contribution >= 4 is 79.6 Å². The first-order chi connectivity index (χ1) is 33.4. The Balaban J connectivity index is 0.000000222. The largest absolute Gasteiger partial charge is 0.444 e. The highest BCUT2D eigenvalue weighted by atomic mass is 32.2. The zero-order valence-corrected chi connectivity index (χ0v) is 44.1. The van der Waals surface area contributed by atoms with Crippen molar-refractivity contribution in [2.24, 2.45) is 11.8 Å². The number of thioether (sulfide) groups is 2. The summed E-state index contributed by atoms with van der Waals surface area (Å²) >= 11 is 6.15. The number of aliphatic hydroxyl groups excluding tert-OH is 1. The third-order valence-corrected chi connectivity index (χ3v) is 15.7. The minimum absolute atomic E-state index is 0.00778. The Morgan fingerprint density at radius 1 is 0.686 bits per heavy atom. The topological polar surface area (TPSA) is 232 Å². The number of carbonyl (C=O) groups is 2. The van der Waals surface area contributed by atoms with Crippen LogP contribution in [0.2, 0.25) is 0 Å². The van der Waals surface area contributed by atoms with Crippen LogP contribution >= 0.6 is 46.2 Å². The van der Waals surface area contributed by atoms with Gasteiger partial charge in [0.05, 0.1) is 49.6 Å². The number of amides is 2. The number of benzene rings is 2. The highest BCUT2D eigenvalue weighted by molar-refractivity contribution is 8.00. The van der Waals surface area contributed by atoms with Crippen LogP contribution in [0.3, 0.4) is 0 Å². The zero-order valence-electron chi connectivity index (χ0n) is 40.8. The van der Waals surface area contributed by atoms with E-state index in [-0.39, 0.29) is 40.2 Å². The van der Waals surface area contributed by atoms with Crippen molar-refractivity contribution in [2.75, 3.05) is 49.7 Å². The molecule has 5 N–H and O–H groups in total. The molecule has 17 nitrogen and oxygen atoms in total. The maximum absolute atomic E-state index is 12.8. The molecule has 0 unspecified atom stereocenters. The second-order valence-corrected chi connectivity index (χ2v) is 23.6. The van der Waals surface area contributed by atoms with Crippen LogP contribution in [0.4, 0.5) is 21.6 Å². The Morgan fingerprint density at radius 2 is 1.07 bits per heavy atom. The predicted molar refractivity (Wildman–Crippen MR) is 279 cm³/mol. The van der Waals surface area contributed by atoms with Crippen molar-refractivity contribution in [1.82, 2.24) is 29.7 Å². The number of hydrogen-bond donors (Lipinski definition) is 4. The molecule has 8 rings (SSSR count). The Labute approximate surface area is 426 Å². The lowest BCUT2D eigenvalue weighted by Crippen LogP contribution is -2.37. The van der Waals surface area contributed by atoms with Gasteiger partial charge in [-0.25, -0.2) is 19.9 Å². The zero-order chi connectivity index (χ0) is 50.4. The highest BCUT2D eigenvalue weighted by Crippen LogP contribution is 2.34. The second-order valence-electron chi connectivity index (χ2n) is 19.0. The van der Waals surface area contributed by atoms with Crippen molar-refractivity contribution in [3.05, 3.63) is 118 Å². The number of carbonyl (C=O) groups excluding carboxylic acids is 2. The summed E-state index contributed by atoms with van der Waals surface area (Å²) < 4.78 is 13.7. The van der Waals surface area contributed by atoms with Crippen LogP contribution in [-0.4, -0.2) is 84.9 Å². The molecule has 2 aliphatic heterocycles. The average molecular weight is 1030 g/mol. The van der Waals surface area contributed by atoms with Crippen molar-refractivity contribution in [2.45, 2.75) is 111 Å². The van der Waals surface area contributed by atoms with E-state index in [2.05, 4.69) is 94.0 Å². The van der Waals surface area contributed by atoms with Gasteiger partial charge in [-0.2, -0.15) is 0 Å². The third kappa shape index (κ3) is 16.5. The molecule has 2 aromatic carbocycles. The Morgan fingerprint density at radius 3 is 1.43 bits per heavy atom. The summed E-state index contributed by atoms with van der Waals surface area (Å²) in [5.41, 5.74) is 8.80. The number of hydrogen-bond acceptors (Lipinski definition) is 18. The van der Waals surface area contributed by atoms with Gasteiger partial charge in [0, 0.05) is 60.7 Å². The number of aliphatic hydroxyl groups is 1. The maximum atomic E-state index is 12.8. The number of nitrogen functional groups attached to an aromatic ring is 1. The molecule has 21 heteroatoms. The van der Waals surface area contributed by atoms with Gasteiger partial charge in [-0.05, 0) is 75.1 Å². The number of likely N-dealkylation sites (tertiary alicyclic amines) is 2. The van der Waals surface area contributed by atoms with Crippen molar-refractivity contribution in [3.63, 3.8) is 0 Å². The number of nitro groups is 1. The number of non-ortho nitro benzene ring substituents is 1. The SMILES string of the molecule is CC(C)(C)c1cnc(CSc2cnc(NC(=O)C3CCN(Cc4ccc(N)cc4)CC3)s2)o1.CC(C)(C)c1cnc(CSc2cnc(NC(=O)C3CCN(Cc4ccc([N+](=O)[O-])cc4)CC3)s2)o1.CO. The van der Waals surface area contributed by atoms with E-state index in [1.54, 1.807) is 60.4 Å². The molecular weight excluding hydrogens is 969 g/mol. The van der Waals surface area contributed by atoms with Crippen molar-refractivity contribution < 1.29 is 28.5 Å². The molecule has 376 valence electrons. The smallest absolute Gasteiger partial charge is 0.269 e. The van der Waals surface area contributed by atoms with E-state index >= 15 is 0 Å². The van der Waals surface area contributed by atoms with E-state index in [0.29, 0.717) is 33.6 Å². The summed E-state index contributed by atoms with van der Waals surface area (Å²) in [5.74, 6) is 4.43. The minimum atomic E-state index is -0.392. The molecule has 0 aliphatic carbocycles. The Hall–Kier alpha value is -5.16. The van der Waals surface area contributed by atoms with E-state index in [1.165, 1.54) is 40.4 Å². The quantitative estimate of drug-likeness (QED) is 0.0324. The molecule has 0 saturated carbocycles. The van der Waals surface area contributed by atoms with Gasteiger partial charge < -0.3 is 30.3 Å². The third-order valence-electron chi connectivity index (χ3n) is 11.5. The molecule has 4 aromatic heterocycles. The number of nitro benzene ring substituents is 1. The number of piperidine rings is 2. The number of rotatable bonds is 15. The fraction of sp³-hybridized carbons (Fsp3) is 0.469. The normalized spacial score (nSPS) is 15.1. The first-order valence-electron chi connectivity index (χ1n) is 23.1. The lowest BCUT2D eigenvalue weighted by Gasteiger charge is -2.31. The standard InChI is InChI=1S/C24H29N5O4S2.C24H31N5O2S2.CH4O/c1-24(2,3)19-12-25-20(33-19)15-34-21-13-26-23(35-21)27-22(30)17-8-10-28(11-9-17)14-16-4-6-18(7-5-16)29(31)32;1-24(2,3)19-12-26-20(31-19)15-32-21-13-27-23(33-21)28-22(30)17-8-10-29(11-9-17)14-16-4-6-18(25)7-5-16;1-2/h4-7,12-13,17H,8-11,14-15H2,1-3H3,(H,26,27,30);4-7,12-13,17H,8-11,14-15,25H2,1-3H3,(H,27,28,30);2H,1H3. The van der Waals surface area contributed by atoms with Crippen molar-refractivity contribution in [1.29, 1.82) is 0 Å². The number of nitrogens with one attached hydrogen (secondary N) is 2. The molecule has 6 heterocycles. The van der Waals surface area contributed by atoms with E-state index in [1.807, 2.05) is 12.1 Å². The van der Waals surface area contributed by atoms with Crippen molar-refractivity contribution in [3.8, 4) is 0 Å². The van der Waals surface area contributed by atoms with Gasteiger partial charge in [0.1, 0.15) is 11.5 Å². The van der Waals surface area contributed by atoms with E-state index in [4.69, 9.17) is 19.7 Å². The fourth-order valence-electron chi connectivity index (χ4n) is 7.46. The van der Waals surface area contributed by atoms with Crippen LogP contribution in [0, 0.1) is 22.0 Å². The first kappa shape index (κ1) is 54.2. The average Bonchev–Trinajstić information content (AvgIpc) is 4.19. The monoisotopic (exact) mass is 1030 g/mol. The van der Waals surface area contributed by atoms with E-state index in [9.17, 15) is 19.7 Å². The van der Waals surface area contributed by atoms with Gasteiger partial charge in [0.15, 0.2) is 10.3 Å². The number of oxazole rings is 2. The lowest BCUT2D eigenvalue weighted by atomic mass is 9.94. The molecule has 0 atom stereocenters. The van der Waals surface area contributed by atoms with Gasteiger partial charge in [-0.15, -0.1) is 23.5 Å². The Bertz CT molecular complexity index is 2580. The summed E-state index contributed by atoms with van der Waals surface area (Å²) in [6.45, 7) is 17.6. The van der Waals surface area contributed by atoms with Gasteiger partial charge in [-0.3, -0.25) is 29.5 Å². The molecule has 0 spiro atoms. The van der Waals surface area contributed by atoms with Crippen LogP contribution in [0.25, 0.3) is 0 Å². The summed E-state index contributed by atoms with van der Waals surface area (Å²) in [7, 11) is 1.00. The molecule has 0 bridgehead atoms. The number of aromatic nitrogens is 4. The number of anilines is 3. The first-order valence-corrected chi connectivity index (χ1v) is 26.7. The van der Waals surface area contributed by atoms with Gasteiger partial charge in [-0.1, -0.05) is 88.5 Å². The number of nitrogens with zero attached hydrogens (tertiary/aromatic N) is 7. The summed E-state index contributed by atoms with van der Waals surface area (Å²) in [6.07, 6.45) is 10.4. The Kier molecular flexibility index (Phi) is 19.6. The molecule has 0 radical (unpaired) electrons. The number of thiazole rings is 2. The molecule has 2 saturated heterocycles. The van der Waals surface area contributed by atoms with Gasteiger partial charge >= 0.3 is 0 Å². The summed E-state index contributed by atoms with van der Waals surface area (Å²) in [4.78, 5) is 58.0. The fourth-order valence-corrected chi connectivity index (χ4v) is 10.9. The second kappa shape index (κ2) is 25.3. The van der Waals surface area contributed by atoms with Crippen LogP contribution < -0.4 is 16.4 Å². The summed E-state index contributed by atoms with van der Waals surface area (Å²) in [6, 6.07) is 14.7. The van der Waals surface area contributed by atoms with Crippen LogP contribution in [0.15, 0.2) is 90.6 Å². The van der Waals surface area contributed by atoms with Gasteiger partial charge in [0.2, 0.25) is 23.6 Å². The van der Waals surface area contributed by atoms with Crippen LogP contribution in [-0.2, 0) is 45.0 Å². The highest BCUT2D eigenvalue weighted by Gasteiger charge is 2.28. The van der Waals surface area contributed by atoms with E-state index in [0.717, 1.165) is 103 Å².